The SMILES string of the molecule is COc1cccc(NC(=O)O[C@@H]2CO[C@H]3[C@@H]2OC[C@@H]3n2nnnc2C(C)C)c1. The van der Waals surface area contributed by atoms with Crippen molar-refractivity contribution in [2.45, 2.75) is 44.1 Å². The van der Waals surface area contributed by atoms with E-state index in [2.05, 4.69) is 20.8 Å². The highest BCUT2D eigenvalue weighted by Gasteiger charge is 2.51. The average molecular weight is 389 g/mol. The molecule has 1 N–H and O–H groups in total. The highest BCUT2D eigenvalue weighted by atomic mass is 16.6. The maximum Gasteiger partial charge on any atom is 0.412 e. The molecule has 0 bridgehead atoms. The molecule has 28 heavy (non-hydrogen) atoms. The third-order valence-corrected chi connectivity index (χ3v) is 4.91. The van der Waals surface area contributed by atoms with Crippen LogP contribution in [0.3, 0.4) is 0 Å². The Balaban J connectivity index is 1.39. The van der Waals surface area contributed by atoms with E-state index in [1.54, 1.807) is 36.1 Å². The molecule has 0 unspecified atom stereocenters. The van der Waals surface area contributed by atoms with E-state index in [9.17, 15) is 4.79 Å². The molecule has 2 fully saturated rings. The van der Waals surface area contributed by atoms with E-state index in [1.807, 2.05) is 13.8 Å². The van der Waals surface area contributed by atoms with Crippen LogP contribution in [0, 0.1) is 0 Å². The summed E-state index contributed by atoms with van der Waals surface area (Å²) < 4.78 is 24.2. The fourth-order valence-electron chi connectivity index (χ4n) is 3.56. The number of methoxy groups -OCH3 is 1. The van der Waals surface area contributed by atoms with Gasteiger partial charge in [-0.05, 0) is 22.6 Å². The highest BCUT2D eigenvalue weighted by molar-refractivity contribution is 5.85. The molecule has 2 aliphatic heterocycles. The van der Waals surface area contributed by atoms with Crippen LogP contribution >= 0.6 is 0 Å². The maximum atomic E-state index is 12.3. The van der Waals surface area contributed by atoms with E-state index in [-0.39, 0.29) is 30.8 Å². The molecule has 1 aromatic heterocycles. The van der Waals surface area contributed by atoms with Crippen molar-refractivity contribution in [1.82, 2.24) is 20.2 Å². The monoisotopic (exact) mass is 389 g/mol. The lowest BCUT2D eigenvalue weighted by atomic mass is 10.1. The standard InChI is InChI=1S/C18H23N5O5/c1-10(2)17-20-21-22-23(17)13-8-26-16-14(9-27-15(13)16)28-18(24)19-11-5-4-6-12(7-11)25-3/h4-7,10,13-16H,8-9H2,1-3H3,(H,19,24)/t13-,14+,15+,16+/m0/s1. The first-order valence-corrected chi connectivity index (χ1v) is 9.19. The normalized spacial score (nSPS) is 26.3. The summed E-state index contributed by atoms with van der Waals surface area (Å²) in [7, 11) is 1.57. The van der Waals surface area contributed by atoms with Crippen molar-refractivity contribution in [2.75, 3.05) is 25.6 Å². The number of rotatable bonds is 5. The van der Waals surface area contributed by atoms with Gasteiger partial charge in [0.25, 0.3) is 0 Å². The first kappa shape index (κ1) is 18.6. The minimum absolute atomic E-state index is 0.146. The first-order valence-electron chi connectivity index (χ1n) is 9.19. The Kier molecular flexibility index (Phi) is 5.14. The number of carbonyl (C=O) groups excluding carboxylic acids is 1. The molecule has 3 heterocycles. The van der Waals surface area contributed by atoms with Crippen molar-refractivity contribution in [2.24, 2.45) is 0 Å². The van der Waals surface area contributed by atoms with Crippen LogP contribution in [0.1, 0.15) is 31.6 Å². The van der Waals surface area contributed by atoms with Gasteiger partial charge >= 0.3 is 6.09 Å². The second-order valence-electron chi connectivity index (χ2n) is 7.10. The van der Waals surface area contributed by atoms with E-state index >= 15 is 0 Å². The number of aromatic nitrogens is 4. The van der Waals surface area contributed by atoms with Gasteiger partial charge in [0.1, 0.15) is 24.0 Å². The molecule has 10 nitrogen and oxygen atoms in total. The van der Waals surface area contributed by atoms with Crippen molar-refractivity contribution in [3.63, 3.8) is 0 Å². The number of benzene rings is 1. The Morgan fingerprint density at radius 1 is 1.29 bits per heavy atom. The van der Waals surface area contributed by atoms with Crippen LogP contribution in [0.2, 0.25) is 0 Å². The van der Waals surface area contributed by atoms with E-state index in [1.165, 1.54) is 0 Å². The molecule has 4 atom stereocenters. The molecule has 0 radical (unpaired) electrons. The van der Waals surface area contributed by atoms with Gasteiger partial charge in [-0.3, -0.25) is 5.32 Å². The minimum atomic E-state index is -0.570. The number of amides is 1. The van der Waals surface area contributed by atoms with E-state index in [0.717, 1.165) is 5.82 Å². The van der Waals surface area contributed by atoms with Gasteiger partial charge in [-0.15, -0.1) is 5.10 Å². The molecular weight excluding hydrogens is 366 g/mol. The zero-order chi connectivity index (χ0) is 19.7. The Bertz CT molecular complexity index is 841. The van der Waals surface area contributed by atoms with Crippen molar-refractivity contribution in [3.05, 3.63) is 30.1 Å². The Labute approximate surface area is 162 Å². The summed E-state index contributed by atoms with van der Waals surface area (Å²) in [4.78, 5) is 12.3. The van der Waals surface area contributed by atoms with Crippen LogP contribution in [0.15, 0.2) is 24.3 Å². The number of hydrogen-bond acceptors (Lipinski definition) is 8. The third kappa shape index (κ3) is 3.52. The zero-order valence-corrected chi connectivity index (χ0v) is 15.9. The number of ether oxygens (including phenoxy) is 4. The van der Waals surface area contributed by atoms with Crippen molar-refractivity contribution in [3.8, 4) is 5.75 Å². The highest BCUT2D eigenvalue weighted by Crippen LogP contribution is 2.36. The molecule has 2 aromatic rings. The van der Waals surface area contributed by atoms with Gasteiger partial charge in [0.15, 0.2) is 11.9 Å². The Hall–Kier alpha value is -2.72. The predicted octanol–water partition coefficient (Wildman–Crippen LogP) is 1.76. The predicted molar refractivity (Wildman–Crippen MR) is 97.3 cm³/mol. The average Bonchev–Trinajstić information content (AvgIpc) is 3.38. The number of hydrogen-bond donors (Lipinski definition) is 1. The van der Waals surface area contributed by atoms with Gasteiger partial charge in [0.2, 0.25) is 0 Å². The van der Waals surface area contributed by atoms with Crippen molar-refractivity contribution < 1.29 is 23.7 Å². The molecule has 2 saturated heterocycles. The number of fused-ring (bicyclic) bond motifs is 1. The second-order valence-corrected chi connectivity index (χ2v) is 7.10. The summed E-state index contributed by atoms with van der Waals surface area (Å²) in [6, 6.07) is 6.90. The summed E-state index contributed by atoms with van der Waals surface area (Å²) in [6.07, 6.45) is -1.69. The molecular formula is C18H23N5O5. The first-order chi connectivity index (χ1) is 13.6. The van der Waals surface area contributed by atoms with Gasteiger partial charge in [-0.2, -0.15) is 0 Å². The summed E-state index contributed by atoms with van der Waals surface area (Å²) in [5.41, 5.74) is 0.584. The van der Waals surface area contributed by atoms with Gasteiger partial charge in [0.05, 0.1) is 20.3 Å². The molecule has 10 heteroatoms. The van der Waals surface area contributed by atoms with Gasteiger partial charge in [0, 0.05) is 17.7 Å². The summed E-state index contributed by atoms with van der Waals surface area (Å²) in [5, 5.41) is 14.7. The van der Waals surface area contributed by atoms with Crippen LogP contribution in [0.4, 0.5) is 10.5 Å². The van der Waals surface area contributed by atoms with E-state index in [0.29, 0.717) is 18.0 Å². The van der Waals surface area contributed by atoms with Gasteiger partial charge < -0.3 is 18.9 Å². The van der Waals surface area contributed by atoms with E-state index in [4.69, 9.17) is 18.9 Å². The topological polar surface area (TPSA) is 110 Å². The quantitative estimate of drug-likeness (QED) is 0.824. The van der Waals surface area contributed by atoms with Crippen LogP contribution in [-0.2, 0) is 14.2 Å². The number of carbonyl (C=O) groups is 1. The third-order valence-electron chi connectivity index (χ3n) is 4.91. The summed E-state index contributed by atoms with van der Waals surface area (Å²) in [5.74, 6) is 1.60. The van der Waals surface area contributed by atoms with Crippen LogP contribution in [0.25, 0.3) is 0 Å². The Morgan fingerprint density at radius 2 is 2.11 bits per heavy atom. The van der Waals surface area contributed by atoms with Crippen LogP contribution < -0.4 is 10.1 Å². The fourth-order valence-corrected chi connectivity index (χ4v) is 3.56. The largest absolute Gasteiger partial charge is 0.497 e. The lowest BCUT2D eigenvalue weighted by Crippen LogP contribution is -2.35. The maximum absolute atomic E-state index is 12.3. The van der Waals surface area contributed by atoms with Gasteiger partial charge in [-0.25, -0.2) is 9.48 Å². The molecule has 150 valence electrons. The summed E-state index contributed by atoms with van der Waals surface area (Å²) in [6.45, 7) is 4.72. The number of tetrazole rings is 1. The summed E-state index contributed by atoms with van der Waals surface area (Å²) >= 11 is 0. The van der Waals surface area contributed by atoms with Crippen LogP contribution in [-0.4, -0.2) is 64.9 Å². The second kappa shape index (κ2) is 7.72. The molecule has 0 saturated carbocycles. The molecule has 0 aliphatic carbocycles. The van der Waals surface area contributed by atoms with Crippen molar-refractivity contribution in [1.29, 1.82) is 0 Å². The van der Waals surface area contributed by atoms with Crippen molar-refractivity contribution >= 4 is 11.8 Å². The molecule has 4 rings (SSSR count). The zero-order valence-electron chi connectivity index (χ0n) is 15.9. The lowest BCUT2D eigenvalue weighted by Gasteiger charge is -2.18. The van der Waals surface area contributed by atoms with E-state index < -0.39 is 12.2 Å². The number of nitrogens with zero attached hydrogens (tertiary/aromatic N) is 4. The van der Waals surface area contributed by atoms with Gasteiger partial charge in [-0.1, -0.05) is 19.9 Å². The molecule has 1 aromatic carbocycles. The lowest BCUT2D eigenvalue weighted by molar-refractivity contribution is 0.00763. The fraction of sp³-hybridized carbons (Fsp3) is 0.556. The number of anilines is 1. The number of nitrogens with one attached hydrogen (secondary N) is 1. The van der Waals surface area contributed by atoms with Crippen LogP contribution in [0.5, 0.6) is 5.75 Å². The molecule has 2 aliphatic rings. The molecule has 1 amide bonds. The Morgan fingerprint density at radius 3 is 2.89 bits per heavy atom. The molecule has 0 spiro atoms. The minimum Gasteiger partial charge on any atom is -0.497 e. The smallest absolute Gasteiger partial charge is 0.412 e.